The topological polar surface area (TPSA) is 63.8 Å². The highest BCUT2D eigenvalue weighted by Gasteiger charge is 2.13. The molecule has 0 bridgehead atoms. The van der Waals surface area contributed by atoms with Gasteiger partial charge in [-0.3, -0.25) is 4.79 Å². The second-order valence-corrected chi connectivity index (χ2v) is 6.52. The third-order valence-corrected chi connectivity index (χ3v) is 4.79. The predicted molar refractivity (Wildman–Crippen MR) is 94.7 cm³/mol. The molecule has 124 valence electrons. The molecule has 1 amide bonds. The third-order valence-electron chi connectivity index (χ3n) is 3.49. The first-order valence-electron chi connectivity index (χ1n) is 7.25. The Morgan fingerprint density at radius 3 is 2.92 bits per heavy atom. The van der Waals surface area contributed by atoms with Crippen LogP contribution in [-0.2, 0) is 11.3 Å². The quantitative estimate of drug-likeness (QED) is 0.773. The van der Waals surface area contributed by atoms with E-state index in [1.807, 2.05) is 28.8 Å². The van der Waals surface area contributed by atoms with Gasteiger partial charge >= 0.3 is 0 Å². The average molecular weight is 363 g/mol. The zero-order valence-corrected chi connectivity index (χ0v) is 14.5. The SMILES string of the molecule is COCCn1c(=NC(=O)c2cc(Cl)ccc2O)sc2ccccc21. The molecule has 2 aromatic carbocycles. The van der Waals surface area contributed by atoms with Gasteiger partial charge in [0.25, 0.3) is 5.91 Å². The number of hydrogen-bond acceptors (Lipinski definition) is 4. The first kappa shape index (κ1) is 16.7. The summed E-state index contributed by atoms with van der Waals surface area (Å²) in [6, 6.07) is 12.1. The molecule has 0 spiro atoms. The zero-order chi connectivity index (χ0) is 17.1. The van der Waals surface area contributed by atoms with Crippen LogP contribution < -0.4 is 4.80 Å². The van der Waals surface area contributed by atoms with E-state index in [4.69, 9.17) is 16.3 Å². The number of nitrogens with zero attached hydrogens (tertiary/aromatic N) is 2. The van der Waals surface area contributed by atoms with Gasteiger partial charge in [0.1, 0.15) is 5.75 Å². The number of hydrogen-bond donors (Lipinski definition) is 1. The maximum Gasteiger partial charge on any atom is 0.283 e. The first-order valence-corrected chi connectivity index (χ1v) is 8.44. The fourth-order valence-electron chi connectivity index (χ4n) is 2.33. The summed E-state index contributed by atoms with van der Waals surface area (Å²) >= 11 is 7.32. The second-order valence-electron chi connectivity index (χ2n) is 5.08. The predicted octanol–water partition coefficient (Wildman–Crippen LogP) is 3.45. The highest BCUT2D eigenvalue weighted by molar-refractivity contribution is 7.16. The maximum atomic E-state index is 12.5. The Morgan fingerprint density at radius 2 is 2.12 bits per heavy atom. The summed E-state index contributed by atoms with van der Waals surface area (Å²) in [4.78, 5) is 17.2. The third kappa shape index (κ3) is 3.36. The molecule has 0 atom stereocenters. The van der Waals surface area contributed by atoms with Crippen molar-refractivity contribution in [1.82, 2.24) is 4.57 Å². The van der Waals surface area contributed by atoms with Gasteiger partial charge in [-0.15, -0.1) is 0 Å². The summed E-state index contributed by atoms with van der Waals surface area (Å²) in [7, 11) is 1.63. The molecule has 1 heterocycles. The largest absolute Gasteiger partial charge is 0.507 e. The van der Waals surface area contributed by atoms with Gasteiger partial charge in [0.15, 0.2) is 4.80 Å². The highest BCUT2D eigenvalue weighted by atomic mass is 35.5. The Labute approximate surface area is 147 Å². The average Bonchev–Trinajstić information content (AvgIpc) is 2.92. The van der Waals surface area contributed by atoms with Crippen LogP contribution in [0.5, 0.6) is 5.75 Å². The van der Waals surface area contributed by atoms with Gasteiger partial charge in [0.05, 0.1) is 22.4 Å². The van der Waals surface area contributed by atoms with Crippen molar-refractivity contribution in [3.05, 3.63) is 57.9 Å². The molecule has 1 aromatic heterocycles. The van der Waals surface area contributed by atoms with E-state index in [0.717, 1.165) is 10.2 Å². The summed E-state index contributed by atoms with van der Waals surface area (Å²) in [6.45, 7) is 1.08. The fourth-order valence-corrected chi connectivity index (χ4v) is 3.56. The van der Waals surface area contributed by atoms with E-state index in [2.05, 4.69) is 4.99 Å². The van der Waals surface area contributed by atoms with E-state index in [-0.39, 0.29) is 11.3 Å². The van der Waals surface area contributed by atoms with Gasteiger partial charge < -0.3 is 14.4 Å². The van der Waals surface area contributed by atoms with Crippen LogP contribution >= 0.6 is 22.9 Å². The van der Waals surface area contributed by atoms with Crippen LogP contribution in [0.2, 0.25) is 5.02 Å². The van der Waals surface area contributed by atoms with Crippen LogP contribution in [0, 0.1) is 0 Å². The number of thiazole rings is 1. The molecular weight excluding hydrogens is 348 g/mol. The monoisotopic (exact) mass is 362 g/mol. The molecule has 7 heteroatoms. The van der Waals surface area contributed by atoms with Crippen LogP contribution in [-0.4, -0.2) is 29.3 Å². The molecule has 0 fully saturated rings. The lowest BCUT2D eigenvalue weighted by Gasteiger charge is -2.04. The Hall–Kier alpha value is -2.15. The lowest BCUT2D eigenvalue weighted by molar-refractivity contribution is 0.0995. The number of phenols is 1. The van der Waals surface area contributed by atoms with Crippen molar-refractivity contribution in [1.29, 1.82) is 0 Å². The van der Waals surface area contributed by atoms with Crippen LogP contribution in [0.1, 0.15) is 10.4 Å². The van der Waals surface area contributed by atoms with Crippen molar-refractivity contribution in [2.75, 3.05) is 13.7 Å². The van der Waals surface area contributed by atoms with Crippen molar-refractivity contribution in [3.63, 3.8) is 0 Å². The minimum Gasteiger partial charge on any atom is -0.507 e. The van der Waals surface area contributed by atoms with Gasteiger partial charge in [-0.05, 0) is 30.3 Å². The molecule has 0 unspecified atom stereocenters. The first-order chi connectivity index (χ1) is 11.6. The summed E-state index contributed by atoms with van der Waals surface area (Å²) < 4.78 is 8.10. The Balaban J connectivity index is 2.11. The van der Waals surface area contributed by atoms with Crippen LogP contribution in [0.15, 0.2) is 47.5 Å². The van der Waals surface area contributed by atoms with Gasteiger partial charge in [-0.2, -0.15) is 4.99 Å². The number of aromatic nitrogens is 1. The molecule has 24 heavy (non-hydrogen) atoms. The molecule has 0 aliphatic rings. The summed E-state index contributed by atoms with van der Waals surface area (Å²) in [5.74, 6) is -0.676. The smallest absolute Gasteiger partial charge is 0.283 e. The molecule has 0 saturated heterocycles. The van der Waals surface area contributed by atoms with E-state index in [1.54, 1.807) is 7.11 Å². The number of methoxy groups -OCH3 is 1. The van der Waals surface area contributed by atoms with Gasteiger partial charge in [-0.25, -0.2) is 0 Å². The Kier molecular flexibility index (Phi) is 4.99. The minimum absolute atomic E-state index is 0.0817. The molecule has 0 aliphatic heterocycles. The molecule has 1 N–H and O–H groups in total. The van der Waals surface area contributed by atoms with E-state index >= 15 is 0 Å². The van der Waals surface area contributed by atoms with Crippen molar-refractivity contribution < 1.29 is 14.6 Å². The molecule has 0 saturated carbocycles. The number of carbonyl (C=O) groups excluding carboxylic acids is 1. The van der Waals surface area contributed by atoms with Gasteiger partial charge in [0, 0.05) is 18.7 Å². The van der Waals surface area contributed by atoms with E-state index in [1.165, 1.54) is 29.5 Å². The normalized spacial score (nSPS) is 12.0. The summed E-state index contributed by atoms with van der Waals surface area (Å²) in [6.07, 6.45) is 0. The lowest BCUT2D eigenvalue weighted by Crippen LogP contribution is -2.19. The number of halogens is 1. The standard InChI is InChI=1S/C17H15ClN2O3S/c1-23-9-8-20-13-4-2-3-5-15(13)24-17(20)19-16(22)12-10-11(18)6-7-14(12)21/h2-7,10,21H,8-9H2,1H3. The van der Waals surface area contributed by atoms with Crippen LogP contribution in [0.4, 0.5) is 0 Å². The van der Waals surface area contributed by atoms with E-state index in [0.29, 0.717) is 23.0 Å². The van der Waals surface area contributed by atoms with Gasteiger partial charge in [-0.1, -0.05) is 35.1 Å². The molecular formula is C17H15ClN2O3S. The number of ether oxygens (including phenoxy) is 1. The number of amides is 1. The maximum absolute atomic E-state index is 12.5. The Morgan fingerprint density at radius 1 is 1.33 bits per heavy atom. The molecule has 0 aliphatic carbocycles. The molecule has 3 aromatic rings. The summed E-state index contributed by atoms with van der Waals surface area (Å²) in [5.41, 5.74) is 1.07. The number of para-hydroxylation sites is 1. The number of fused-ring (bicyclic) bond motifs is 1. The molecule has 3 rings (SSSR count). The minimum atomic E-state index is -0.535. The second kappa shape index (κ2) is 7.17. The lowest BCUT2D eigenvalue weighted by atomic mass is 10.2. The number of rotatable bonds is 4. The van der Waals surface area contributed by atoms with Crippen molar-refractivity contribution >= 4 is 39.1 Å². The van der Waals surface area contributed by atoms with E-state index in [9.17, 15) is 9.90 Å². The highest BCUT2D eigenvalue weighted by Crippen LogP contribution is 2.22. The van der Waals surface area contributed by atoms with Crippen LogP contribution in [0.25, 0.3) is 10.2 Å². The summed E-state index contributed by atoms with van der Waals surface area (Å²) in [5, 5.41) is 10.2. The van der Waals surface area contributed by atoms with Crippen molar-refractivity contribution in [3.8, 4) is 5.75 Å². The number of aromatic hydroxyl groups is 1. The van der Waals surface area contributed by atoms with Crippen LogP contribution in [0.3, 0.4) is 0 Å². The van der Waals surface area contributed by atoms with Crippen molar-refractivity contribution in [2.24, 2.45) is 4.99 Å². The number of benzene rings is 2. The number of carbonyl (C=O) groups is 1. The van der Waals surface area contributed by atoms with Crippen molar-refractivity contribution in [2.45, 2.75) is 6.54 Å². The molecule has 0 radical (unpaired) electrons. The fraction of sp³-hybridized carbons (Fsp3) is 0.176. The Bertz CT molecular complexity index is 962. The zero-order valence-electron chi connectivity index (χ0n) is 12.9. The van der Waals surface area contributed by atoms with Gasteiger partial charge in [0.2, 0.25) is 0 Å². The number of phenolic OH excluding ortho intramolecular Hbond substituents is 1. The molecule has 5 nitrogen and oxygen atoms in total. The van der Waals surface area contributed by atoms with E-state index < -0.39 is 5.91 Å².